The van der Waals surface area contributed by atoms with E-state index in [1.54, 1.807) is 29.2 Å². The molecule has 0 radical (unpaired) electrons. The molecule has 7 nitrogen and oxygen atoms in total. The number of benzene rings is 2. The highest BCUT2D eigenvalue weighted by Gasteiger charge is 2.24. The zero-order valence-corrected chi connectivity index (χ0v) is 18.5. The van der Waals surface area contributed by atoms with E-state index in [4.69, 9.17) is 20.9 Å². The zero-order valence-electron chi connectivity index (χ0n) is 17.8. The van der Waals surface area contributed by atoms with Gasteiger partial charge in [0, 0.05) is 37.2 Å². The van der Waals surface area contributed by atoms with Crippen molar-refractivity contribution >= 4 is 23.4 Å². The van der Waals surface area contributed by atoms with Gasteiger partial charge in [0.1, 0.15) is 17.0 Å². The normalized spacial score (nSPS) is 13.8. The monoisotopic (exact) mass is 453 g/mol. The Bertz CT molecular complexity index is 1100. The number of carbonyl (C=O) groups is 2. The van der Waals surface area contributed by atoms with Crippen LogP contribution in [0.15, 0.2) is 53.1 Å². The van der Waals surface area contributed by atoms with Crippen LogP contribution in [0.25, 0.3) is 11.3 Å². The first-order valence-corrected chi connectivity index (χ1v) is 10.9. The molecule has 2 aromatic carbocycles. The quantitative estimate of drug-likeness (QED) is 0.610. The number of hydrogen-bond donors (Lipinski definition) is 1. The Hall–Kier alpha value is -3.16. The lowest BCUT2D eigenvalue weighted by Gasteiger charge is -2.26. The minimum absolute atomic E-state index is 0.00896. The van der Waals surface area contributed by atoms with Gasteiger partial charge >= 0.3 is 0 Å². The summed E-state index contributed by atoms with van der Waals surface area (Å²) in [5.74, 6) is 0.209. The van der Waals surface area contributed by atoms with E-state index >= 15 is 0 Å². The second-order valence-corrected chi connectivity index (χ2v) is 7.85. The first kappa shape index (κ1) is 22.0. The Labute approximate surface area is 191 Å². The van der Waals surface area contributed by atoms with Crippen molar-refractivity contribution in [1.82, 2.24) is 15.4 Å². The van der Waals surface area contributed by atoms with Crippen LogP contribution in [0.3, 0.4) is 0 Å². The third kappa shape index (κ3) is 4.69. The number of rotatable bonds is 6. The third-order valence-corrected chi connectivity index (χ3v) is 5.72. The molecule has 0 saturated carbocycles. The molecule has 2 amide bonds. The van der Waals surface area contributed by atoms with Crippen LogP contribution in [-0.2, 0) is 17.7 Å². The highest BCUT2D eigenvalue weighted by molar-refractivity contribution is 6.33. The molecule has 1 saturated heterocycles. The zero-order chi connectivity index (χ0) is 22.5. The Morgan fingerprint density at radius 1 is 1.09 bits per heavy atom. The lowest BCUT2D eigenvalue weighted by Crippen LogP contribution is -2.40. The fourth-order valence-corrected chi connectivity index (χ4v) is 3.85. The molecule has 1 aliphatic rings. The van der Waals surface area contributed by atoms with Crippen molar-refractivity contribution in [3.63, 3.8) is 0 Å². The molecule has 1 N–H and O–H groups in total. The number of halogens is 1. The summed E-state index contributed by atoms with van der Waals surface area (Å²) in [5.41, 5.74) is 2.96. The molecule has 0 unspecified atom stereocenters. The van der Waals surface area contributed by atoms with Crippen molar-refractivity contribution in [2.75, 3.05) is 26.3 Å². The molecule has 4 rings (SSSR count). The summed E-state index contributed by atoms with van der Waals surface area (Å²) in [6, 6.07) is 14.5. The molecule has 8 heteroatoms. The highest BCUT2D eigenvalue weighted by Crippen LogP contribution is 2.31. The lowest BCUT2D eigenvalue weighted by molar-refractivity contribution is 0.0303. The summed E-state index contributed by atoms with van der Waals surface area (Å²) in [4.78, 5) is 27.4. The van der Waals surface area contributed by atoms with E-state index in [1.807, 2.05) is 31.2 Å². The van der Waals surface area contributed by atoms with Crippen LogP contribution in [0.1, 0.15) is 39.0 Å². The number of ether oxygens (including phenoxy) is 1. The van der Waals surface area contributed by atoms with E-state index < -0.39 is 0 Å². The van der Waals surface area contributed by atoms with Crippen LogP contribution >= 0.6 is 11.6 Å². The van der Waals surface area contributed by atoms with Gasteiger partial charge in [-0.3, -0.25) is 9.59 Å². The number of nitrogens with zero attached hydrogens (tertiary/aromatic N) is 2. The smallest absolute Gasteiger partial charge is 0.257 e. The summed E-state index contributed by atoms with van der Waals surface area (Å²) in [7, 11) is 0. The average molecular weight is 454 g/mol. The molecule has 32 heavy (non-hydrogen) atoms. The van der Waals surface area contributed by atoms with E-state index in [9.17, 15) is 9.59 Å². The highest BCUT2D eigenvalue weighted by atomic mass is 35.5. The van der Waals surface area contributed by atoms with E-state index in [1.165, 1.54) is 0 Å². The molecule has 166 valence electrons. The van der Waals surface area contributed by atoms with Gasteiger partial charge < -0.3 is 19.5 Å². The van der Waals surface area contributed by atoms with Crippen LogP contribution in [0.4, 0.5) is 0 Å². The van der Waals surface area contributed by atoms with Gasteiger partial charge in [-0.1, -0.05) is 54.0 Å². The molecule has 1 aliphatic heterocycles. The third-order valence-electron chi connectivity index (χ3n) is 5.39. The van der Waals surface area contributed by atoms with Crippen LogP contribution in [0, 0.1) is 0 Å². The van der Waals surface area contributed by atoms with E-state index in [0.717, 1.165) is 5.56 Å². The molecule has 3 aromatic rings. The van der Waals surface area contributed by atoms with Crippen molar-refractivity contribution in [3.05, 3.63) is 76.0 Å². The Morgan fingerprint density at radius 2 is 1.81 bits per heavy atom. The van der Waals surface area contributed by atoms with Crippen molar-refractivity contribution in [2.24, 2.45) is 0 Å². The van der Waals surface area contributed by atoms with Gasteiger partial charge in [-0.05, 0) is 23.8 Å². The van der Waals surface area contributed by atoms with Gasteiger partial charge in [0.05, 0.1) is 18.2 Å². The maximum Gasteiger partial charge on any atom is 0.257 e. The van der Waals surface area contributed by atoms with Gasteiger partial charge in [0.15, 0.2) is 0 Å². The van der Waals surface area contributed by atoms with Crippen LogP contribution < -0.4 is 5.32 Å². The Balaban J connectivity index is 1.46. The fraction of sp³-hybridized carbons (Fsp3) is 0.292. The first-order chi connectivity index (χ1) is 15.6. The summed E-state index contributed by atoms with van der Waals surface area (Å²) in [5, 5.41) is 7.52. The topological polar surface area (TPSA) is 84.7 Å². The first-order valence-electron chi connectivity index (χ1n) is 10.6. The second kappa shape index (κ2) is 9.97. The molecule has 0 spiro atoms. The van der Waals surface area contributed by atoms with E-state index in [-0.39, 0.29) is 11.8 Å². The number of hydrogen-bond acceptors (Lipinski definition) is 5. The second-order valence-electron chi connectivity index (χ2n) is 7.45. The minimum atomic E-state index is -0.286. The van der Waals surface area contributed by atoms with Gasteiger partial charge in [-0.25, -0.2) is 0 Å². The Morgan fingerprint density at radius 3 is 2.50 bits per heavy atom. The standard InChI is InChI=1S/C24H24ClN3O4/c1-2-20-21(22(27-32-20)18-5-3-4-6-19(18)25)23(29)26-15-16-7-9-17(10-8-16)24(30)28-11-13-31-14-12-28/h3-10H,2,11-15H2,1H3,(H,26,29). The number of morpholine rings is 1. The largest absolute Gasteiger partial charge is 0.378 e. The van der Waals surface area contributed by atoms with Crippen LogP contribution in [0.2, 0.25) is 5.02 Å². The maximum absolute atomic E-state index is 13.0. The Kier molecular flexibility index (Phi) is 6.87. The SMILES string of the molecule is CCc1onc(-c2ccccc2Cl)c1C(=O)NCc1ccc(C(=O)N2CCOCC2)cc1. The summed E-state index contributed by atoms with van der Waals surface area (Å²) < 4.78 is 10.7. The molecular formula is C24H24ClN3O4. The number of carbonyl (C=O) groups excluding carboxylic acids is 2. The van der Waals surface area contributed by atoms with Gasteiger partial charge in [-0.15, -0.1) is 0 Å². The molecule has 0 aliphatic carbocycles. The molecule has 0 atom stereocenters. The molecular weight excluding hydrogens is 430 g/mol. The minimum Gasteiger partial charge on any atom is -0.378 e. The van der Waals surface area contributed by atoms with Crippen LogP contribution in [-0.4, -0.2) is 48.2 Å². The predicted octanol–water partition coefficient (Wildman–Crippen LogP) is 3.96. The van der Waals surface area contributed by atoms with Crippen molar-refractivity contribution < 1.29 is 18.8 Å². The molecule has 1 aromatic heterocycles. The summed E-state index contributed by atoms with van der Waals surface area (Å²) in [6.07, 6.45) is 0.526. The van der Waals surface area contributed by atoms with Crippen molar-refractivity contribution in [2.45, 2.75) is 19.9 Å². The van der Waals surface area contributed by atoms with E-state index in [2.05, 4.69) is 10.5 Å². The summed E-state index contributed by atoms with van der Waals surface area (Å²) in [6.45, 7) is 4.54. The molecule has 1 fully saturated rings. The summed E-state index contributed by atoms with van der Waals surface area (Å²) >= 11 is 6.31. The fourth-order valence-electron chi connectivity index (χ4n) is 3.62. The van der Waals surface area contributed by atoms with Crippen LogP contribution in [0.5, 0.6) is 0 Å². The van der Waals surface area contributed by atoms with Crippen molar-refractivity contribution in [1.29, 1.82) is 0 Å². The van der Waals surface area contributed by atoms with Gasteiger partial charge in [0.25, 0.3) is 11.8 Å². The number of amides is 2. The number of nitrogens with one attached hydrogen (secondary N) is 1. The van der Waals surface area contributed by atoms with Gasteiger partial charge in [-0.2, -0.15) is 0 Å². The lowest BCUT2D eigenvalue weighted by atomic mass is 10.0. The molecule has 0 bridgehead atoms. The number of aromatic nitrogens is 1. The van der Waals surface area contributed by atoms with E-state index in [0.29, 0.717) is 72.4 Å². The molecule has 2 heterocycles. The maximum atomic E-state index is 13.0. The average Bonchev–Trinajstić information content (AvgIpc) is 3.27. The van der Waals surface area contributed by atoms with Gasteiger partial charge in [0.2, 0.25) is 0 Å². The number of aryl methyl sites for hydroxylation is 1. The van der Waals surface area contributed by atoms with Crippen molar-refractivity contribution in [3.8, 4) is 11.3 Å². The predicted molar refractivity (Wildman–Crippen MR) is 121 cm³/mol.